The first-order valence-corrected chi connectivity index (χ1v) is 11.9. The van der Waals surface area contributed by atoms with E-state index in [1.807, 2.05) is 72.2 Å². The lowest BCUT2D eigenvalue weighted by Gasteiger charge is -2.08. The average Bonchev–Trinajstić information content (AvgIpc) is 3.44. The molecule has 0 bridgehead atoms. The quantitative estimate of drug-likeness (QED) is 0.330. The molecule has 0 saturated carbocycles. The largest absolute Gasteiger partial charge is 0.321 e. The van der Waals surface area contributed by atoms with Gasteiger partial charge in [-0.3, -0.25) is 9.36 Å². The monoisotopic (exact) mass is 457 g/mol. The maximum absolute atomic E-state index is 12.6. The van der Waals surface area contributed by atoms with Crippen LogP contribution in [0, 0.1) is 6.92 Å². The number of amides is 1. The van der Waals surface area contributed by atoms with Crippen molar-refractivity contribution in [2.24, 2.45) is 0 Å². The molecular weight excluding hydrogens is 438 g/mol. The van der Waals surface area contributed by atoms with Gasteiger partial charge in [0.15, 0.2) is 0 Å². The van der Waals surface area contributed by atoms with E-state index in [9.17, 15) is 4.79 Å². The molecule has 0 spiro atoms. The Morgan fingerprint density at radius 2 is 1.91 bits per heavy atom. The number of pyridine rings is 1. The zero-order valence-electron chi connectivity index (χ0n) is 17.2. The Morgan fingerprint density at radius 1 is 1.06 bits per heavy atom. The van der Waals surface area contributed by atoms with Crippen molar-refractivity contribution in [1.82, 2.24) is 19.5 Å². The molecule has 1 N–H and O–H groups in total. The van der Waals surface area contributed by atoms with Crippen LogP contribution in [0.25, 0.3) is 16.9 Å². The molecule has 5 rings (SSSR count). The topological polar surface area (TPSA) is 72.7 Å². The number of carbonyl (C=O) groups is 1. The summed E-state index contributed by atoms with van der Waals surface area (Å²) >= 11 is 3.37. The molecule has 3 heterocycles. The number of carbonyl (C=O) groups excluding carboxylic acids is 1. The number of aromatic nitrogens is 4. The van der Waals surface area contributed by atoms with E-state index in [1.165, 1.54) is 0 Å². The van der Waals surface area contributed by atoms with Crippen LogP contribution in [-0.4, -0.2) is 25.4 Å². The number of imidazole rings is 1. The predicted octanol–water partition coefficient (Wildman–Crippen LogP) is 5.73. The molecule has 6 nitrogen and oxygen atoms in total. The highest BCUT2D eigenvalue weighted by molar-refractivity contribution is 7.98. The summed E-state index contributed by atoms with van der Waals surface area (Å²) in [5.74, 6) is 1.40. The third-order valence-corrected chi connectivity index (χ3v) is 6.74. The highest BCUT2D eigenvalue weighted by Crippen LogP contribution is 2.24. The number of hydrogen-bond acceptors (Lipinski definition) is 6. The lowest BCUT2D eigenvalue weighted by Crippen LogP contribution is -2.12. The Labute approximate surface area is 193 Å². The highest BCUT2D eigenvalue weighted by atomic mass is 32.2. The molecule has 1 amide bonds. The molecule has 0 fully saturated rings. The molecule has 8 heteroatoms. The standard InChI is InChI=1S/C24H19N5OS2/c1-16-27-19(13-31-16)14-32-20-9-6-17(7-10-20)24(30)28-18-8-11-23(25-12-18)29-15-26-21-4-2-3-5-22(21)29/h2-13,15H,14H2,1H3,(H,28,30). The van der Waals surface area contributed by atoms with Crippen molar-refractivity contribution in [2.75, 3.05) is 5.32 Å². The van der Waals surface area contributed by atoms with Crippen molar-refractivity contribution in [2.45, 2.75) is 17.6 Å². The molecule has 0 atom stereocenters. The normalized spacial score (nSPS) is 11.0. The van der Waals surface area contributed by atoms with Gasteiger partial charge >= 0.3 is 0 Å². The first-order chi connectivity index (χ1) is 15.7. The SMILES string of the molecule is Cc1nc(CSc2ccc(C(=O)Nc3ccc(-n4cnc5ccccc54)nc3)cc2)cs1. The van der Waals surface area contributed by atoms with E-state index >= 15 is 0 Å². The predicted molar refractivity (Wildman–Crippen MR) is 130 cm³/mol. The first-order valence-electron chi connectivity index (χ1n) is 9.99. The molecule has 0 aliphatic carbocycles. The highest BCUT2D eigenvalue weighted by Gasteiger charge is 2.09. The molecule has 0 aliphatic rings. The fourth-order valence-electron chi connectivity index (χ4n) is 3.28. The van der Waals surface area contributed by atoms with Gasteiger partial charge in [0.2, 0.25) is 0 Å². The maximum Gasteiger partial charge on any atom is 0.255 e. The molecule has 5 aromatic rings. The summed E-state index contributed by atoms with van der Waals surface area (Å²) in [7, 11) is 0. The van der Waals surface area contributed by atoms with E-state index in [4.69, 9.17) is 0 Å². The van der Waals surface area contributed by atoms with Gasteiger partial charge in [-0.05, 0) is 55.5 Å². The van der Waals surface area contributed by atoms with Crippen LogP contribution in [0.4, 0.5) is 5.69 Å². The summed E-state index contributed by atoms with van der Waals surface area (Å²) in [6.45, 7) is 2.01. The van der Waals surface area contributed by atoms with Crippen molar-refractivity contribution in [3.05, 3.63) is 94.8 Å². The molecule has 0 aliphatic heterocycles. The van der Waals surface area contributed by atoms with Gasteiger partial charge in [-0.2, -0.15) is 0 Å². The van der Waals surface area contributed by atoms with Crippen molar-refractivity contribution in [3.8, 4) is 5.82 Å². The number of hydrogen-bond donors (Lipinski definition) is 1. The third-order valence-electron chi connectivity index (χ3n) is 4.88. The van der Waals surface area contributed by atoms with Crippen LogP contribution in [-0.2, 0) is 5.75 Å². The second-order valence-electron chi connectivity index (χ2n) is 7.13. The molecule has 0 radical (unpaired) electrons. The molecule has 158 valence electrons. The van der Waals surface area contributed by atoms with Crippen LogP contribution in [0.2, 0.25) is 0 Å². The van der Waals surface area contributed by atoms with Crippen LogP contribution < -0.4 is 5.32 Å². The minimum absolute atomic E-state index is 0.167. The summed E-state index contributed by atoms with van der Waals surface area (Å²) in [4.78, 5) is 27.1. The van der Waals surface area contributed by atoms with Crippen molar-refractivity contribution < 1.29 is 4.79 Å². The van der Waals surface area contributed by atoms with Gasteiger partial charge in [-0.1, -0.05) is 12.1 Å². The molecule has 2 aromatic carbocycles. The minimum Gasteiger partial charge on any atom is -0.321 e. The van der Waals surface area contributed by atoms with Crippen LogP contribution in [0.3, 0.4) is 0 Å². The fraction of sp³-hybridized carbons (Fsp3) is 0.0833. The molecular formula is C24H19N5OS2. The minimum atomic E-state index is -0.167. The number of thioether (sulfide) groups is 1. The summed E-state index contributed by atoms with van der Waals surface area (Å²) in [5, 5.41) is 6.07. The number of para-hydroxylation sites is 2. The number of nitrogens with zero attached hydrogens (tertiary/aromatic N) is 4. The van der Waals surface area contributed by atoms with Crippen LogP contribution in [0.1, 0.15) is 21.1 Å². The zero-order valence-corrected chi connectivity index (χ0v) is 18.9. The molecule has 32 heavy (non-hydrogen) atoms. The maximum atomic E-state index is 12.6. The number of benzene rings is 2. The summed E-state index contributed by atoms with van der Waals surface area (Å²) in [5.41, 5.74) is 4.22. The Hall–Kier alpha value is -3.49. The van der Waals surface area contributed by atoms with Crippen LogP contribution in [0.15, 0.2) is 83.5 Å². The van der Waals surface area contributed by atoms with Crippen LogP contribution in [0.5, 0.6) is 0 Å². The molecule has 0 saturated heterocycles. The van der Waals surface area contributed by atoms with Gasteiger partial charge in [-0.15, -0.1) is 23.1 Å². The number of fused-ring (bicyclic) bond motifs is 1. The summed E-state index contributed by atoms with van der Waals surface area (Å²) in [6.07, 6.45) is 3.41. The number of aryl methyl sites for hydroxylation is 1. The van der Waals surface area contributed by atoms with E-state index in [1.54, 1.807) is 35.6 Å². The fourth-order valence-corrected chi connectivity index (χ4v) is 4.79. The lowest BCUT2D eigenvalue weighted by molar-refractivity contribution is 0.102. The number of thiazole rings is 1. The smallest absolute Gasteiger partial charge is 0.255 e. The van der Waals surface area contributed by atoms with Gasteiger partial charge in [-0.25, -0.2) is 15.0 Å². The summed E-state index contributed by atoms with van der Waals surface area (Å²) in [6, 6.07) is 19.2. The van der Waals surface area contributed by atoms with E-state index in [-0.39, 0.29) is 5.91 Å². The third kappa shape index (κ3) is 4.42. The van der Waals surface area contributed by atoms with Crippen molar-refractivity contribution >= 4 is 45.7 Å². The first kappa shape index (κ1) is 20.4. The van der Waals surface area contributed by atoms with Gasteiger partial charge in [0, 0.05) is 21.6 Å². The van der Waals surface area contributed by atoms with Gasteiger partial charge < -0.3 is 5.32 Å². The zero-order chi connectivity index (χ0) is 21.9. The second kappa shape index (κ2) is 8.94. The Morgan fingerprint density at radius 3 is 2.66 bits per heavy atom. The Kier molecular flexibility index (Phi) is 5.70. The van der Waals surface area contributed by atoms with Crippen LogP contribution >= 0.6 is 23.1 Å². The van der Waals surface area contributed by atoms with Crippen molar-refractivity contribution in [1.29, 1.82) is 0 Å². The average molecular weight is 458 g/mol. The van der Waals surface area contributed by atoms with Gasteiger partial charge in [0.25, 0.3) is 5.91 Å². The van der Waals surface area contributed by atoms with Crippen molar-refractivity contribution in [3.63, 3.8) is 0 Å². The Balaban J connectivity index is 1.22. The second-order valence-corrected chi connectivity index (χ2v) is 9.24. The lowest BCUT2D eigenvalue weighted by atomic mass is 10.2. The van der Waals surface area contributed by atoms with E-state index in [2.05, 4.69) is 25.6 Å². The molecule has 3 aromatic heterocycles. The summed E-state index contributed by atoms with van der Waals surface area (Å²) < 4.78 is 1.92. The molecule has 0 unspecified atom stereocenters. The van der Waals surface area contributed by atoms with Gasteiger partial charge in [0.05, 0.1) is 33.6 Å². The van der Waals surface area contributed by atoms with Gasteiger partial charge in [0.1, 0.15) is 12.1 Å². The number of anilines is 1. The van der Waals surface area contributed by atoms with E-state index in [0.29, 0.717) is 11.3 Å². The van der Waals surface area contributed by atoms with E-state index < -0.39 is 0 Å². The van der Waals surface area contributed by atoms with E-state index in [0.717, 1.165) is 38.2 Å². The number of rotatable bonds is 6. The Bertz CT molecular complexity index is 1370. The number of nitrogens with one attached hydrogen (secondary N) is 1.